The molecule has 0 bridgehead atoms. The first-order valence-corrected chi connectivity index (χ1v) is 9.95. The van der Waals surface area contributed by atoms with Crippen molar-refractivity contribution >= 4 is 17.4 Å². The van der Waals surface area contributed by atoms with Gasteiger partial charge in [-0.25, -0.2) is 9.97 Å². The molecule has 1 saturated heterocycles. The van der Waals surface area contributed by atoms with Gasteiger partial charge in [-0.3, -0.25) is 4.79 Å². The van der Waals surface area contributed by atoms with Gasteiger partial charge < -0.3 is 16.0 Å². The number of nitrogens with two attached hydrogens (primary N) is 1. The Morgan fingerprint density at radius 2 is 2.03 bits per heavy atom. The zero-order valence-electron chi connectivity index (χ0n) is 16.5. The minimum atomic E-state index is -0.177. The molecule has 1 aliphatic heterocycles. The normalized spacial score (nSPS) is 16.6. The molecule has 3 heterocycles. The highest BCUT2D eigenvalue weighted by Crippen LogP contribution is 2.24. The van der Waals surface area contributed by atoms with Crippen molar-refractivity contribution in [2.75, 3.05) is 30.3 Å². The summed E-state index contributed by atoms with van der Waals surface area (Å²) >= 11 is 0. The van der Waals surface area contributed by atoms with Gasteiger partial charge in [0.25, 0.3) is 0 Å². The summed E-state index contributed by atoms with van der Waals surface area (Å²) in [6.07, 6.45) is 2.31. The average molecular weight is 394 g/mol. The van der Waals surface area contributed by atoms with Crippen LogP contribution < -0.4 is 16.0 Å². The van der Waals surface area contributed by atoms with E-state index >= 15 is 0 Å². The van der Waals surface area contributed by atoms with Gasteiger partial charge in [0, 0.05) is 36.2 Å². The Kier molecular flexibility index (Phi) is 5.53. The van der Waals surface area contributed by atoms with E-state index in [0.29, 0.717) is 11.3 Å². The lowest BCUT2D eigenvalue weighted by Crippen LogP contribution is -2.46. The highest BCUT2D eigenvalue weighted by molar-refractivity contribution is 6.11. The van der Waals surface area contributed by atoms with Crippen LogP contribution in [0.3, 0.4) is 0 Å². The summed E-state index contributed by atoms with van der Waals surface area (Å²) in [6.45, 7) is 4.52. The maximum absolute atomic E-state index is 13.2. The lowest BCUT2D eigenvalue weighted by molar-refractivity contribution is 0.103. The number of nitrogens with zero attached hydrogens (tertiary/aromatic N) is 3. The van der Waals surface area contributed by atoms with Crippen LogP contribution in [-0.4, -0.2) is 35.4 Å². The van der Waals surface area contributed by atoms with Crippen molar-refractivity contribution in [3.8, 4) is 0 Å². The molecule has 0 radical (unpaired) electrons. The van der Waals surface area contributed by atoms with E-state index in [0.717, 1.165) is 37.4 Å². The van der Waals surface area contributed by atoms with Crippen LogP contribution in [0.4, 0.5) is 11.6 Å². The number of benzene rings is 1. The third kappa shape index (κ3) is 3.98. The number of anilines is 2. The minimum Gasteiger partial charge on any atom is -0.383 e. The largest absolute Gasteiger partial charge is 0.383 e. The third-order valence-corrected chi connectivity index (χ3v) is 5.34. The summed E-state index contributed by atoms with van der Waals surface area (Å²) in [6, 6.07) is 18.1. The molecule has 4 rings (SSSR count). The Labute approximate surface area is 175 Å². The molecule has 1 atom stereocenters. The number of aryl methyl sites for hydroxylation is 1. The summed E-state index contributed by atoms with van der Waals surface area (Å²) in [7, 11) is 0. The van der Waals surface area contributed by atoms with Gasteiger partial charge in [-0.15, -0.1) is 0 Å². The summed E-state index contributed by atoms with van der Waals surface area (Å²) in [5.74, 6) is 0.873. The van der Waals surface area contributed by atoms with E-state index in [4.69, 9.17) is 10.7 Å². The molecule has 1 fully saturated rings. The second kappa shape index (κ2) is 8.41. The monoisotopic (exact) mass is 393 g/mol. The summed E-state index contributed by atoms with van der Waals surface area (Å²) in [4.78, 5) is 24.2. The van der Waals surface area contributed by atoms with E-state index in [1.807, 2.05) is 25.1 Å². The molecule has 154 valence electrons. The number of carbonyl (C=O) groups excluding carboxylic acids is 1. The molecule has 3 N–H and O–H groups in total. The average Bonchev–Trinajstić information content (AvgIpc) is 2.79. The minimum absolute atomic E-state index is 0. The van der Waals surface area contributed by atoms with Crippen LogP contribution in [0.5, 0.6) is 0 Å². The topological polar surface area (TPSA) is 84.1 Å². The van der Waals surface area contributed by atoms with Gasteiger partial charge in [-0.1, -0.05) is 43.3 Å². The predicted molar refractivity (Wildman–Crippen MR) is 121 cm³/mol. The number of rotatable bonds is 5. The maximum atomic E-state index is 13.2. The van der Waals surface area contributed by atoms with Crippen LogP contribution >= 0.6 is 0 Å². The number of nitrogens with one attached hydrogen (secondary N) is 1. The molecule has 3 aromatic rings. The van der Waals surface area contributed by atoms with Crippen LogP contribution in [0.2, 0.25) is 0 Å². The smallest absolute Gasteiger partial charge is 0.215 e. The summed E-state index contributed by atoms with van der Waals surface area (Å²) < 4.78 is 0. The first-order valence-electron chi connectivity index (χ1n) is 9.95. The van der Waals surface area contributed by atoms with Crippen LogP contribution in [0, 0.1) is 0 Å². The second-order valence-electron chi connectivity index (χ2n) is 7.16. The Bertz CT molecular complexity index is 1020. The van der Waals surface area contributed by atoms with Gasteiger partial charge in [-0.2, -0.15) is 0 Å². The Balaban J connectivity index is 0.00000171. The lowest BCUT2D eigenvalue weighted by Gasteiger charge is -2.35. The maximum Gasteiger partial charge on any atom is 0.215 e. The SMILES string of the molecule is CCc1ccc(N2CCNC(c3ccccc3)C2)nc1C(=O)c1cccnc1N.[HH].[HH].[HH]. The number of hydrogen-bond donors (Lipinski definition) is 2. The van der Waals surface area contributed by atoms with Gasteiger partial charge in [0.15, 0.2) is 0 Å². The van der Waals surface area contributed by atoms with E-state index in [1.54, 1.807) is 18.3 Å². The molecule has 29 heavy (non-hydrogen) atoms. The van der Waals surface area contributed by atoms with Crippen molar-refractivity contribution in [3.63, 3.8) is 0 Å². The van der Waals surface area contributed by atoms with E-state index in [-0.39, 0.29) is 21.9 Å². The molecule has 0 aliphatic carbocycles. The molecule has 2 aromatic heterocycles. The standard InChI is InChI=1S/C23H25N5O.3H2/c1-2-16-10-11-20(27-21(16)22(29)18-9-6-12-26-23(18)24)28-14-13-25-19(15-28)17-7-4-3-5-8-17;;;/h3-12,19,25H,2,13-15H2,1H3,(H2,24,26);3*1H. The number of pyridine rings is 2. The molecule has 1 aromatic carbocycles. The van der Waals surface area contributed by atoms with Crippen molar-refractivity contribution in [3.05, 3.63) is 83.2 Å². The molecule has 1 aliphatic rings. The lowest BCUT2D eigenvalue weighted by atomic mass is 10.0. The molecule has 6 heteroatoms. The fourth-order valence-corrected chi connectivity index (χ4v) is 3.74. The van der Waals surface area contributed by atoms with Crippen LogP contribution in [0.25, 0.3) is 0 Å². The highest BCUT2D eigenvalue weighted by atomic mass is 16.1. The van der Waals surface area contributed by atoms with Crippen molar-refractivity contribution in [1.29, 1.82) is 0 Å². The number of ketones is 1. The summed E-state index contributed by atoms with van der Waals surface area (Å²) in [5.41, 5.74) is 8.96. The molecule has 0 spiro atoms. The third-order valence-electron chi connectivity index (χ3n) is 5.34. The first kappa shape index (κ1) is 19.1. The van der Waals surface area contributed by atoms with Gasteiger partial charge >= 0.3 is 0 Å². The van der Waals surface area contributed by atoms with Gasteiger partial charge in [0.1, 0.15) is 17.3 Å². The van der Waals surface area contributed by atoms with Gasteiger partial charge in [-0.05, 0) is 35.7 Å². The van der Waals surface area contributed by atoms with Gasteiger partial charge in [0.05, 0.1) is 5.56 Å². The fraction of sp³-hybridized carbons (Fsp3) is 0.261. The first-order chi connectivity index (χ1) is 14.2. The highest BCUT2D eigenvalue weighted by Gasteiger charge is 2.24. The Morgan fingerprint density at radius 3 is 2.79 bits per heavy atom. The van der Waals surface area contributed by atoms with E-state index in [1.165, 1.54) is 5.56 Å². The van der Waals surface area contributed by atoms with Crippen LogP contribution in [-0.2, 0) is 6.42 Å². The second-order valence-corrected chi connectivity index (χ2v) is 7.16. The number of aromatic nitrogens is 2. The zero-order valence-corrected chi connectivity index (χ0v) is 16.5. The zero-order chi connectivity index (χ0) is 20.2. The predicted octanol–water partition coefficient (Wildman–Crippen LogP) is 3.74. The van der Waals surface area contributed by atoms with E-state index in [9.17, 15) is 4.79 Å². The van der Waals surface area contributed by atoms with Crippen molar-refractivity contribution < 1.29 is 9.07 Å². The Morgan fingerprint density at radius 1 is 1.21 bits per heavy atom. The van der Waals surface area contributed by atoms with Crippen molar-refractivity contribution in [2.24, 2.45) is 0 Å². The Hall–Kier alpha value is -3.25. The summed E-state index contributed by atoms with van der Waals surface area (Å²) in [5, 5.41) is 3.57. The van der Waals surface area contributed by atoms with Crippen LogP contribution in [0.1, 0.15) is 44.4 Å². The number of nitrogen functional groups attached to an aromatic ring is 1. The molecular weight excluding hydrogens is 362 g/mol. The molecule has 0 amide bonds. The van der Waals surface area contributed by atoms with E-state index in [2.05, 4.69) is 39.5 Å². The van der Waals surface area contributed by atoms with Crippen LogP contribution in [0.15, 0.2) is 60.8 Å². The molecule has 6 nitrogen and oxygen atoms in total. The number of carbonyl (C=O) groups is 1. The quantitative estimate of drug-likeness (QED) is 0.643. The fourth-order valence-electron chi connectivity index (χ4n) is 3.74. The van der Waals surface area contributed by atoms with Crippen molar-refractivity contribution in [2.45, 2.75) is 19.4 Å². The van der Waals surface area contributed by atoms with E-state index < -0.39 is 0 Å². The van der Waals surface area contributed by atoms with Gasteiger partial charge in [0.2, 0.25) is 5.78 Å². The number of piperazine rings is 1. The molecular formula is C23H31N5O. The molecule has 0 saturated carbocycles. The molecule has 1 unspecified atom stereocenters. The van der Waals surface area contributed by atoms with Crippen molar-refractivity contribution in [1.82, 2.24) is 15.3 Å². The number of hydrogen-bond acceptors (Lipinski definition) is 6.